The fourth-order valence-electron chi connectivity index (χ4n) is 2.64. The molecule has 4 heteroatoms. The maximum absolute atomic E-state index is 12.2. The molecular formula is C14H28N2O2. The minimum Gasteiger partial charge on any atom is -0.395 e. The molecule has 1 amide bonds. The SMILES string of the molecule is CC(CN)CCC(=O)N(CCO)C1CCCCC1. The summed E-state index contributed by atoms with van der Waals surface area (Å²) in [6.07, 6.45) is 7.30. The minimum atomic E-state index is 0.0642. The molecule has 0 radical (unpaired) electrons. The van der Waals surface area contributed by atoms with Gasteiger partial charge in [0.1, 0.15) is 0 Å². The minimum absolute atomic E-state index is 0.0642. The average molecular weight is 256 g/mol. The van der Waals surface area contributed by atoms with E-state index in [9.17, 15) is 4.79 Å². The highest BCUT2D eigenvalue weighted by Crippen LogP contribution is 2.23. The van der Waals surface area contributed by atoms with E-state index in [1.807, 2.05) is 4.90 Å². The number of hydrogen-bond acceptors (Lipinski definition) is 3. The van der Waals surface area contributed by atoms with Gasteiger partial charge in [0.25, 0.3) is 0 Å². The van der Waals surface area contributed by atoms with Crippen molar-refractivity contribution < 1.29 is 9.90 Å². The Bertz CT molecular complexity index is 240. The summed E-state index contributed by atoms with van der Waals surface area (Å²) in [5.41, 5.74) is 5.57. The number of aliphatic hydroxyl groups excluding tert-OH is 1. The van der Waals surface area contributed by atoms with Gasteiger partial charge in [-0.2, -0.15) is 0 Å². The predicted octanol–water partition coefficient (Wildman–Crippen LogP) is 1.51. The standard InChI is InChI=1S/C14H28N2O2/c1-12(11-15)7-8-14(18)16(9-10-17)13-5-3-2-4-6-13/h12-13,17H,2-11,15H2,1H3. The second-order valence-electron chi connectivity index (χ2n) is 5.48. The molecular weight excluding hydrogens is 228 g/mol. The van der Waals surface area contributed by atoms with Gasteiger partial charge in [0.15, 0.2) is 0 Å². The van der Waals surface area contributed by atoms with Crippen LogP contribution in [0.3, 0.4) is 0 Å². The number of rotatable bonds is 7. The molecule has 1 rings (SSSR count). The fourth-order valence-corrected chi connectivity index (χ4v) is 2.64. The van der Waals surface area contributed by atoms with Crippen molar-refractivity contribution in [3.8, 4) is 0 Å². The van der Waals surface area contributed by atoms with E-state index in [2.05, 4.69) is 6.92 Å². The second-order valence-corrected chi connectivity index (χ2v) is 5.48. The van der Waals surface area contributed by atoms with E-state index < -0.39 is 0 Å². The molecule has 0 spiro atoms. The molecule has 1 fully saturated rings. The fraction of sp³-hybridized carbons (Fsp3) is 0.929. The summed E-state index contributed by atoms with van der Waals surface area (Å²) in [4.78, 5) is 14.1. The maximum Gasteiger partial charge on any atom is 0.222 e. The normalized spacial score (nSPS) is 18.6. The predicted molar refractivity (Wildman–Crippen MR) is 73.1 cm³/mol. The third-order valence-corrected chi connectivity index (χ3v) is 3.93. The van der Waals surface area contributed by atoms with Crippen molar-refractivity contribution in [2.24, 2.45) is 11.7 Å². The van der Waals surface area contributed by atoms with Crippen molar-refractivity contribution in [1.29, 1.82) is 0 Å². The molecule has 0 saturated heterocycles. The van der Waals surface area contributed by atoms with E-state index in [4.69, 9.17) is 10.8 Å². The van der Waals surface area contributed by atoms with Crippen molar-refractivity contribution in [1.82, 2.24) is 4.90 Å². The van der Waals surface area contributed by atoms with Crippen molar-refractivity contribution in [2.45, 2.75) is 57.9 Å². The lowest BCUT2D eigenvalue weighted by molar-refractivity contribution is -0.135. The highest BCUT2D eigenvalue weighted by atomic mass is 16.3. The zero-order valence-corrected chi connectivity index (χ0v) is 11.6. The van der Waals surface area contributed by atoms with Crippen LogP contribution in [-0.4, -0.2) is 41.7 Å². The first-order chi connectivity index (χ1) is 8.69. The summed E-state index contributed by atoms with van der Waals surface area (Å²) in [5.74, 6) is 0.590. The lowest BCUT2D eigenvalue weighted by Gasteiger charge is -2.34. The van der Waals surface area contributed by atoms with Gasteiger partial charge in [-0.15, -0.1) is 0 Å². The smallest absolute Gasteiger partial charge is 0.222 e. The van der Waals surface area contributed by atoms with Gasteiger partial charge in [-0.05, 0) is 31.7 Å². The molecule has 1 saturated carbocycles. The Morgan fingerprint density at radius 1 is 1.39 bits per heavy atom. The Labute approximate surface area is 111 Å². The van der Waals surface area contributed by atoms with E-state index in [0.717, 1.165) is 19.3 Å². The van der Waals surface area contributed by atoms with Crippen LogP contribution in [0.2, 0.25) is 0 Å². The number of carbonyl (C=O) groups excluding carboxylic acids is 1. The van der Waals surface area contributed by atoms with Crippen LogP contribution in [0.5, 0.6) is 0 Å². The molecule has 3 N–H and O–H groups in total. The van der Waals surface area contributed by atoms with Crippen LogP contribution in [0.25, 0.3) is 0 Å². The number of carbonyl (C=O) groups is 1. The number of nitrogens with two attached hydrogens (primary N) is 1. The van der Waals surface area contributed by atoms with Gasteiger partial charge in [-0.1, -0.05) is 26.2 Å². The third-order valence-electron chi connectivity index (χ3n) is 3.93. The Balaban J connectivity index is 2.46. The molecule has 1 aliphatic rings. The molecule has 1 unspecified atom stereocenters. The molecule has 18 heavy (non-hydrogen) atoms. The van der Waals surface area contributed by atoms with Crippen LogP contribution >= 0.6 is 0 Å². The third kappa shape index (κ3) is 4.94. The monoisotopic (exact) mass is 256 g/mol. The summed E-state index contributed by atoms with van der Waals surface area (Å²) < 4.78 is 0. The quantitative estimate of drug-likeness (QED) is 0.725. The Morgan fingerprint density at radius 2 is 2.06 bits per heavy atom. The Kier molecular flexibility index (Phi) is 7.28. The Morgan fingerprint density at radius 3 is 2.61 bits per heavy atom. The van der Waals surface area contributed by atoms with Crippen molar-refractivity contribution >= 4 is 5.91 Å². The number of aliphatic hydroxyl groups is 1. The first-order valence-electron chi connectivity index (χ1n) is 7.29. The number of nitrogens with zero attached hydrogens (tertiary/aromatic N) is 1. The van der Waals surface area contributed by atoms with Gasteiger partial charge in [0.05, 0.1) is 6.61 Å². The summed E-state index contributed by atoms with van der Waals surface area (Å²) in [6, 6.07) is 0.353. The van der Waals surface area contributed by atoms with Crippen LogP contribution < -0.4 is 5.73 Å². The molecule has 0 aromatic heterocycles. The molecule has 106 valence electrons. The Hall–Kier alpha value is -0.610. The lowest BCUT2D eigenvalue weighted by atomic mass is 9.93. The van der Waals surface area contributed by atoms with Gasteiger partial charge in [-0.3, -0.25) is 4.79 Å². The van der Waals surface area contributed by atoms with E-state index in [-0.39, 0.29) is 12.5 Å². The van der Waals surface area contributed by atoms with E-state index >= 15 is 0 Å². The maximum atomic E-state index is 12.2. The van der Waals surface area contributed by atoms with Gasteiger partial charge in [0, 0.05) is 19.0 Å². The van der Waals surface area contributed by atoms with E-state index in [1.165, 1.54) is 19.3 Å². The van der Waals surface area contributed by atoms with Crippen LogP contribution in [0.1, 0.15) is 51.9 Å². The zero-order valence-electron chi connectivity index (χ0n) is 11.6. The number of amides is 1. The molecule has 0 aromatic carbocycles. The van der Waals surface area contributed by atoms with Gasteiger partial charge >= 0.3 is 0 Å². The summed E-state index contributed by atoms with van der Waals surface area (Å²) in [7, 11) is 0. The summed E-state index contributed by atoms with van der Waals surface area (Å²) in [5, 5.41) is 9.13. The highest BCUT2D eigenvalue weighted by Gasteiger charge is 2.24. The molecule has 0 aromatic rings. The molecule has 1 atom stereocenters. The van der Waals surface area contributed by atoms with Crippen LogP contribution in [-0.2, 0) is 4.79 Å². The van der Waals surface area contributed by atoms with Crippen molar-refractivity contribution in [3.05, 3.63) is 0 Å². The van der Waals surface area contributed by atoms with E-state index in [1.54, 1.807) is 0 Å². The zero-order chi connectivity index (χ0) is 13.4. The molecule has 0 bridgehead atoms. The topological polar surface area (TPSA) is 66.6 Å². The molecule has 0 aliphatic heterocycles. The van der Waals surface area contributed by atoms with E-state index in [0.29, 0.717) is 31.5 Å². The summed E-state index contributed by atoms with van der Waals surface area (Å²) in [6.45, 7) is 3.26. The van der Waals surface area contributed by atoms with Crippen LogP contribution in [0, 0.1) is 5.92 Å². The first-order valence-corrected chi connectivity index (χ1v) is 7.29. The highest BCUT2D eigenvalue weighted by molar-refractivity contribution is 5.76. The summed E-state index contributed by atoms with van der Waals surface area (Å²) >= 11 is 0. The molecule has 0 heterocycles. The average Bonchev–Trinajstić information content (AvgIpc) is 2.42. The van der Waals surface area contributed by atoms with Gasteiger partial charge in [-0.25, -0.2) is 0 Å². The molecule has 4 nitrogen and oxygen atoms in total. The lowest BCUT2D eigenvalue weighted by Crippen LogP contribution is -2.43. The second kappa shape index (κ2) is 8.48. The van der Waals surface area contributed by atoms with Crippen LogP contribution in [0.15, 0.2) is 0 Å². The van der Waals surface area contributed by atoms with Crippen molar-refractivity contribution in [3.63, 3.8) is 0 Å². The first kappa shape index (κ1) is 15.4. The van der Waals surface area contributed by atoms with Crippen LogP contribution in [0.4, 0.5) is 0 Å². The largest absolute Gasteiger partial charge is 0.395 e. The van der Waals surface area contributed by atoms with Crippen molar-refractivity contribution in [2.75, 3.05) is 19.7 Å². The van der Waals surface area contributed by atoms with Gasteiger partial charge in [0.2, 0.25) is 5.91 Å². The van der Waals surface area contributed by atoms with Gasteiger partial charge < -0.3 is 15.7 Å². The molecule has 1 aliphatic carbocycles. The number of hydrogen-bond donors (Lipinski definition) is 2.